The molecule has 0 saturated carbocycles. The number of benzene rings is 1. The van der Waals surface area contributed by atoms with Crippen molar-refractivity contribution >= 4 is 23.2 Å². The predicted molar refractivity (Wildman–Crippen MR) is 78.2 cm³/mol. The topological polar surface area (TPSA) is 6.48 Å². The summed E-state index contributed by atoms with van der Waals surface area (Å²) < 4.78 is 0. The van der Waals surface area contributed by atoms with Crippen LogP contribution in [0.1, 0.15) is 18.9 Å². The number of hydrogen-bond acceptors (Lipinski definition) is 2. The van der Waals surface area contributed by atoms with E-state index in [4.69, 9.17) is 23.2 Å². The fourth-order valence-corrected chi connectivity index (χ4v) is 2.72. The highest BCUT2D eigenvalue weighted by atomic mass is 35.5. The Labute approximate surface area is 119 Å². The van der Waals surface area contributed by atoms with Gasteiger partial charge in [0.15, 0.2) is 0 Å². The molecule has 2 nitrogen and oxygen atoms in total. The Morgan fingerprint density at radius 2 is 1.83 bits per heavy atom. The average molecular weight is 287 g/mol. The van der Waals surface area contributed by atoms with E-state index >= 15 is 0 Å². The van der Waals surface area contributed by atoms with E-state index in [0.29, 0.717) is 0 Å². The Morgan fingerprint density at radius 3 is 2.44 bits per heavy atom. The van der Waals surface area contributed by atoms with Gasteiger partial charge < -0.3 is 0 Å². The average Bonchev–Trinajstić information content (AvgIpc) is 2.41. The van der Waals surface area contributed by atoms with Gasteiger partial charge in [0.2, 0.25) is 0 Å². The molecular weight excluding hydrogens is 267 g/mol. The number of halogens is 2. The van der Waals surface area contributed by atoms with Crippen molar-refractivity contribution in [1.29, 1.82) is 0 Å². The Hall–Kier alpha value is -0.280. The second-order valence-electron chi connectivity index (χ2n) is 4.75. The van der Waals surface area contributed by atoms with E-state index in [9.17, 15) is 0 Å². The quantitative estimate of drug-likeness (QED) is 0.618. The standard InChI is InChI=1S/C14H20Cl2N2/c1-2-14(16)18-9-7-17(8-10-18)11-12-5-3-4-6-13(12)15/h3-6,14H,2,7-11H2,1H3. The Bertz CT molecular complexity index is 376. The van der Waals surface area contributed by atoms with Crippen molar-refractivity contribution in [3.8, 4) is 0 Å². The van der Waals surface area contributed by atoms with E-state index in [2.05, 4.69) is 22.8 Å². The van der Waals surface area contributed by atoms with Crippen molar-refractivity contribution in [3.05, 3.63) is 34.9 Å². The zero-order valence-corrected chi connectivity index (χ0v) is 12.3. The maximum absolute atomic E-state index is 6.26. The fourth-order valence-electron chi connectivity index (χ4n) is 2.33. The molecule has 0 amide bonds. The van der Waals surface area contributed by atoms with Crippen LogP contribution in [0.5, 0.6) is 0 Å². The van der Waals surface area contributed by atoms with Crippen molar-refractivity contribution in [3.63, 3.8) is 0 Å². The summed E-state index contributed by atoms with van der Waals surface area (Å²) in [6.45, 7) is 7.29. The van der Waals surface area contributed by atoms with E-state index in [0.717, 1.165) is 44.2 Å². The van der Waals surface area contributed by atoms with Crippen LogP contribution in [0.15, 0.2) is 24.3 Å². The largest absolute Gasteiger partial charge is 0.296 e. The van der Waals surface area contributed by atoms with Gasteiger partial charge in [-0.15, -0.1) is 11.6 Å². The van der Waals surface area contributed by atoms with Gasteiger partial charge in [-0.1, -0.05) is 36.7 Å². The van der Waals surface area contributed by atoms with Crippen LogP contribution in [-0.2, 0) is 6.54 Å². The minimum Gasteiger partial charge on any atom is -0.296 e. The van der Waals surface area contributed by atoms with Gasteiger partial charge in [0.1, 0.15) is 0 Å². The minimum absolute atomic E-state index is 0.187. The zero-order valence-electron chi connectivity index (χ0n) is 10.8. The van der Waals surface area contributed by atoms with Crippen molar-refractivity contribution < 1.29 is 0 Å². The highest BCUT2D eigenvalue weighted by molar-refractivity contribution is 6.31. The van der Waals surface area contributed by atoms with Crippen LogP contribution in [-0.4, -0.2) is 41.5 Å². The Morgan fingerprint density at radius 1 is 1.17 bits per heavy atom. The van der Waals surface area contributed by atoms with Gasteiger partial charge in [0.05, 0.1) is 5.50 Å². The van der Waals surface area contributed by atoms with Gasteiger partial charge in [0, 0.05) is 37.7 Å². The fraction of sp³-hybridized carbons (Fsp3) is 0.571. The van der Waals surface area contributed by atoms with E-state index in [1.165, 1.54) is 5.56 Å². The summed E-state index contributed by atoms with van der Waals surface area (Å²) in [5.41, 5.74) is 1.40. The third kappa shape index (κ3) is 3.61. The highest BCUT2D eigenvalue weighted by Gasteiger charge is 2.21. The molecule has 1 unspecified atom stereocenters. The summed E-state index contributed by atoms with van der Waals surface area (Å²) in [5, 5.41) is 0.865. The second kappa shape index (κ2) is 6.76. The van der Waals surface area contributed by atoms with Gasteiger partial charge >= 0.3 is 0 Å². The van der Waals surface area contributed by atoms with Gasteiger partial charge in [-0.05, 0) is 18.1 Å². The number of rotatable bonds is 4. The van der Waals surface area contributed by atoms with Crippen LogP contribution in [0.3, 0.4) is 0 Å². The molecule has 0 radical (unpaired) electrons. The molecule has 0 aliphatic carbocycles. The lowest BCUT2D eigenvalue weighted by atomic mass is 10.2. The van der Waals surface area contributed by atoms with Crippen LogP contribution >= 0.6 is 23.2 Å². The lowest BCUT2D eigenvalue weighted by molar-refractivity contribution is 0.115. The second-order valence-corrected chi connectivity index (χ2v) is 5.66. The van der Waals surface area contributed by atoms with E-state index in [1.807, 2.05) is 18.2 Å². The SMILES string of the molecule is CCC(Cl)N1CCN(Cc2ccccc2Cl)CC1. The maximum Gasteiger partial charge on any atom is 0.0848 e. The molecule has 1 atom stereocenters. The molecule has 1 fully saturated rings. The molecule has 2 rings (SSSR count). The monoisotopic (exact) mass is 286 g/mol. The molecule has 1 aliphatic rings. The first-order chi connectivity index (χ1) is 8.70. The normalized spacial score (nSPS) is 19.9. The smallest absolute Gasteiger partial charge is 0.0848 e. The van der Waals surface area contributed by atoms with Crippen LogP contribution in [0.4, 0.5) is 0 Å². The first-order valence-corrected chi connectivity index (χ1v) is 7.36. The van der Waals surface area contributed by atoms with Crippen molar-refractivity contribution in [1.82, 2.24) is 9.80 Å². The molecule has 0 spiro atoms. The number of alkyl halides is 1. The van der Waals surface area contributed by atoms with Crippen molar-refractivity contribution in [2.24, 2.45) is 0 Å². The summed E-state index contributed by atoms with van der Waals surface area (Å²) in [5.74, 6) is 0. The number of piperazine rings is 1. The van der Waals surface area contributed by atoms with Gasteiger partial charge in [-0.25, -0.2) is 0 Å². The highest BCUT2D eigenvalue weighted by Crippen LogP contribution is 2.19. The molecule has 0 N–H and O–H groups in total. The Balaban J connectivity index is 1.86. The molecule has 1 heterocycles. The first kappa shape index (κ1) is 14.1. The summed E-state index contributed by atoms with van der Waals surface area (Å²) >= 11 is 12.5. The molecule has 18 heavy (non-hydrogen) atoms. The van der Waals surface area contributed by atoms with Crippen molar-refractivity contribution in [2.75, 3.05) is 26.2 Å². The number of nitrogens with zero attached hydrogens (tertiary/aromatic N) is 2. The summed E-state index contributed by atoms with van der Waals surface area (Å²) in [6.07, 6.45) is 1.01. The Kier molecular flexibility index (Phi) is 5.31. The van der Waals surface area contributed by atoms with E-state index in [1.54, 1.807) is 0 Å². The summed E-state index contributed by atoms with van der Waals surface area (Å²) in [7, 11) is 0. The van der Waals surface area contributed by atoms with E-state index in [-0.39, 0.29) is 5.50 Å². The molecule has 1 aliphatic heterocycles. The molecule has 100 valence electrons. The number of hydrogen-bond donors (Lipinski definition) is 0. The van der Waals surface area contributed by atoms with Gasteiger partial charge in [-0.2, -0.15) is 0 Å². The summed E-state index contributed by atoms with van der Waals surface area (Å²) in [6, 6.07) is 8.08. The van der Waals surface area contributed by atoms with Gasteiger partial charge in [-0.3, -0.25) is 9.80 Å². The van der Waals surface area contributed by atoms with Crippen LogP contribution in [0, 0.1) is 0 Å². The zero-order chi connectivity index (χ0) is 13.0. The summed E-state index contributed by atoms with van der Waals surface area (Å²) in [4.78, 5) is 4.79. The maximum atomic E-state index is 6.26. The van der Waals surface area contributed by atoms with Crippen LogP contribution in [0.25, 0.3) is 0 Å². The predicted octanol–water partition coefficient (Wildman–Crippen LogP) is 3.43. The van der Waals surface area contributed by atoms with Gasteiger partial charge in [0.25, 0.3) is 0 Å². The molecule has 4 heteroatoms. The lowest BCUT2D eigenvalue weighted by Crippen LogP contribution is -2.48. The van der Waals surface area contributed by atoms with E-state index < -0.39 is 0 Å². The first-order valence-electron chi connectivity index (χ1n) is 6.54. The third-order valence-corrected chi connectivity index (χ3v) is 4.45. The molecule has 1 aromatic carbocycles. The molecule has 1 aromatic rings. The molecule has 0 aromatic heterocycles. The molecular formula is C14H20Cl2N2. The lowest BCUT2D eigenvalue weighted by Gasteiger charge is -2.36. The molecule has 0 bridgehead atoms. The van der Waals surface area contributed by atoms with Crippen molar-refractivity contribution in [2.45, 2.75) is 25.4 Å². The third-order valence-electron chi connectivity index (χ3n) is 3.49. The van der Waals surface area contributed by atoms with Crippen LogP contribution < -0.4 is 0 Å². The van der Waals surface area contributed by atoms with Crippen LogP contribution in [0.2, 0.25) is 5.02 Å². The minimum atomic E-state index is 0.187. The molecule has 1 saturated heterocycles.